The standard InChI is InChI=1S/2C18H15P.C10H15.Os.H/c2*1-4-10-16(11-5-1)19(17-12-6-2-7-13-17)18-14-8-3-9-15-18;1-6-7(2)9(4)10(5)8(6)3;;/h2*1-15H;1-5H3;;/q;;-1;;/p+2. The molecule has 0 aliphatic carbocycles. The Bertz CT molecular complexity index is 1550. The smallest absolute Gasteiger partial charge is 0.0620 e. The van der Waals surface area contributed by atoms with Crippen molar-refractivity contribution in [2.45, 2.75) is 34.6 Å². The van der Waals surface area contributed by atoms with Crippen molar-refractivity contribution in [3.8, 4) is 0 Å². The van der Waals surface area contributed by atoms with Crippen molar-refractivity contribution in [3.05, 3.63) is 210 Å². The van der Waals surface area contributed by atoms with Crippen molar-refractivity contribution in [1.82, 2.24) is 0 Å². The van der Waals surface area contributed by atoms with E-state index in [-0.39, 0.29) is 19.8 Å². The van der Waals surface area contributed by atoms with Gasteiger partial charge in [0.1, 0.15) is 31.8 Å². The van der Waals surface area contributed by atoms with E-state index in [2.05, 4.69) is 217 Å². The quantitative estimate of drug-likeness (QED) is 0.116. The molecule has 7 aromatic carbocycles. The van der Waals surface area contributed by atoms with E-state index < -0.39 is 15.8 Å². The molecule has 0 aromatic heterocycles. The maximum absolute atomic E-state index is 2.24. The van der Waals surface area contributed by atoms with E-state index in [0.717, 1.165) is 0 Å². The summed E-state index contributed by atoms with van der Waals surface area (Å²) in [5.74, 6) is 0. The van der Waals surface area contributed by atoms with Gasteiger partial charge in [0.25, 0.3) is 0 Å². The Labute approximate surface area is 310 Å². The van der Waals surface area contributed by atoms with Gasteiger partial charge in [-0.2, -0.15) is 27.8 Å². The fourth-order valence-corrected chi connectivity index (χ4v) is 11.2. The minimum Gasteiger partial charge on any atom is -0.0620 e. The first-order valence-electron chi connectivity index (χ1n) is 16.7. The van der Waals surface area contributed by atoms with Crippen molar-refractivity contribution in [2.24, 2.45) is 0 Å². The van der Waals surface area contributed by atoms with Crippen LogP contribution in [0, 0.1) is 34.6 Å². The summed E-state index contributed by atoms with van der Waals surface area (Å²) in [4.78, 5) is 0. The van der Waals surface area contributed by atoms with Gasteiger partial charge in [0.2, 0.25) is 0 Å². The minimum atomic E-state index is -0.877. The predicted molar refractivity (Wildman–Crippen MR) is 220 cm³/mol. The van der Waals surface area contributed by atoms with Crippen LogP contribution >= 0.6 is 15.8 Å². The van der Waals surface area contributed by atoms with Crippen LogP contribution in [-0.4, -0.2) is 0 Å². The van der Waals surface area contributed by atoms with Gasteiger partial charge in [-0.1, -0.05) is 144 Å². The molecule has 7 aromatic rings. The van der Waals surface area contributed by atoms with Gasteiger partial charge in [0.05, 0.1) is 15.8 Å². The summed E-state index contributed by atoms with van der Waals surface area (Å²) in [6.07, 6.45) is 0. The van der Waals surface area contributed by atoms with E-state index in [1.54, 1.807) is 0 Å². The third kappa shape index (κ3) is 10.1. The Morgan fingerprint density at radius 3 is 0.592 bits per heavy atom. The predicted octanol–water partition coefficient (Wildman–Crippen LogP) is 9.03. The van der Waals surface area contributed by atoms with Crippen LogP contribution in [0.15, 0.2) is 182 Å². The summed E-state index contributed by atoms with van der Waals surface area (Å²) in [6, 6.07) is 65.0. The maximum atomic E-state index is 2.24. The molecule has 49 heavy (non-hydrogen) atoms. The summed E-state index contributed by atoms with van der Waals surface area (Å²) in [5, 5.41) is 8.61. The molecule has 0 saturated carbocycles. The van der Waals surface area contributed by atoms with E-state index in [0.29, 0.717) is 0 Å². The number of rotatable bonds is 6. The van der Waals surface area contributed by atoms with Crippen molar-refractivity contribution >= 4 is 47.7 Å². The molecule has 0 atom stereocenters. The van der Waals surface area contributed by atoms with Crippen LogP contribution in [0.25, 0.3) is 0 Å². The number of hydrogen-bond acceptors (Lipinski definition) is 0. The minimum absolute atomic E-state index is 0. The summed E-state index contributed by atoms with van der Waals surface area (Å²) in [5.41, 5.74) is 7.34. The van der Waals surface area contributed by atoms with E-state index in [9.17, 15) is 0 Å². The van der Waals surface area contributed by atoms with Crippen LogP contribution in [0.4, 0.5) is 0 Å². The molecule has 0 amide bonds. The maximum Gasteiger partial charge on any atom is 0.102 e. The molecular weight excluding hydrogens is 805 g/mol. The van der Waals surface area contributed by atoms with E-state index in [1.807, 2.05) is 0 Å². The monoisotopic (exact) mass is 854 g/mol. The Kier molecular flexibility index (Phi) is 15.0. The van der Waals surface area contributed by atoms with Crippen LogP contribution in [0.3, 0.4) is 0 Å². The Morgan fingerprint density at radius 1 is 0.306 bits per heavy atom. The molecule has 0 spiro atoms. The molecule has 0 aliphatic heterocycles. The fraction of sp³-hybridized carbons (Fsp3) is 0.109. The molecule has 7 rings (SSSR count). The third-order valence-corrected chi connectivity index (χ3v) is 14.7. The second-order valence-electron chi connectivity index (χ2n) is 12.1. The van der Waals surface area contributed by atoms with Crippen LogP contribution < -0.4 is 31.8 Å². The van der Waals surface area contributed by atoms with Gasteiger partial charge in [-0.25, -0.2) is 0 Å². The normalized spacial score (nSPS) is 10.3. The van der Waals surface area contributed by atoms with Gasteiger partial charge >= 0.3 is 19.8 Å². The van der Waals surface area contributed by atoms with Crippen molar-refractivity contribution in [3.63, 3.8) is 0 Å². The molecule has 0 N–H and O–H groups in total. The average molecular weight is 853 g/mol. The molecule has 0 bridgehead atoms. The van der Waals surface area contributed by atoms with Crippen molar-refractivity contribution in [1.29, 1.82) is 0 Å². The van der Waals surface area contributed by atoms with Crippen molar-refractivity contribution < 1.29 is 19.8 Å². The molecule has 3 heteroatoms. The third-order valence-electron chi connectivity index (χ3n) is 9.19. The molecule has 0 saturated heterocycles. The van der Waals surface area contributed by atoms with Gasteiger partial charge in [0.15, 0.2) is 0 Å². The van der Waals surface area contributed by atoms with E-state index in [4.69, 9.17) is 0 Å². The zero-order valence-electron chi connectivity index (χ0n) is 29.2. The molecule has 0 aliphatic rings. The van der Waals surface area contributed by atoms with Crippen molar-refractivity contribution in [2.75, 3.05) is 0 Å². The van der Waals surface area contributed by atoms with E-state index >= 15 is 0 Å². The Balaban J connectivity index is 0.000000172. The number of hydrogen-bond donors (Lipinski definition) is 0. The first-order valence-corrected chi connectivity index (χ1v) is 19.7. The summed E-state index contributed by atoms with van der Waals surface area (Å²) >= 11 is 0. The Hall–Kier alpha value is -3.83. The van der Waals surface area contributed by atoms with Gasteiger partial charge < -0.3 is 0 Å². The fourth-order valence-electron chi connectivity index (χ4n) is 6.04. The Morgan fingerprint density at radius 2 is 0.469 bits per heavy atom. The molecule has 0 heterocycles. The van der Waals surface area contributed by atoms with Gasteiger partial charge in [-0.3, -0.25) is 0 Å². The summed E-state index contributed by atoms with van der Waals surface area (Å²) in [7, 11) is -1.75. The molecular formula is C46H48OsP2+. The summed E-state index contributed by atoms with van der Waals surface area (Å²) < 4.78 is 0. The second-order valence-corrected chi connectivity index (χ2v) is 17.0. The first-order chi connectivity index (χ1) is 23.5. The summed E-state index contributed by atoms with van der Waals surface area (Å²) in [6.45, 7) is 11.0. The largest absolute Gasteiger partial charge is 0.102 e. The molecule has 249 valence electrons. The molecule has 0 radical (unpaired) electrons. The zero-order valence-corrected chi connectivity index (χ0v) is 33.9. The number of benzene rings is 6. The first kappa shape index (κ1) is 38.0. The molecule has 0 nitrogen and oxygen atoms in total. The van der Waals surface area contributed by atoms with Crippen LogP contribution in [-0.2, 0) is 19.8 Å². The van der Waals surface area contributed by atoms with Gasteiger partial charge in [-0.05, 0) is 72.8 Å². The molecule has 0 unspecified atom stereocenters. The zero-order chi connectivity index (χ0) is 33.7. The average Bonchev–Trinajstić information content (AvgIpc) is 3.32. The SMILES string of the molecule is Cc1c(C)c(C)[c-](C)c1C.[OsH].c1ccc([PH+](c2ccccc2)c2ccccc2)cc1.c1ccc([PH+](c2ccccc2)c2ccccc2)cc1. The van der Waals surface area contributed by atoms with Crippen LogP contribution in [0.2, 0.25) is 0 Å². The molecule has 0 fully saturated rings. The van der Waals surface area contributed by atoms with Crippen LogP contribution in [0.5, 0.6) is 0 Å². The van der Waals surface area contributed by atoms with Gasteiger partial charge in [0, 0.05) is 0 Å². The second kappa shape index (κ2) is 19.4. The van der Waals surface area contributed by atoms with Crippen LogP contribution in [0.1, 0.15) is 27.8 Å². The van der Waals surface area contributed by atoms with E-state index in [1.165, 1.54) is 59.6 Å². The van der Waals surface area contributed by atoms with Gasteiger partial charge in [-0.15, -0.1) is 0 Å². The topological polar surface area (TPSA) is 0 Å².